The summed E-state index contributed by atoms with van der Waals surface area (Å²) in [6, 6.07) is 0. The van der Waals surface area contributed by atoms with E-state index in [4.69, 9.17) is 4.74 Å². The molecule has 27 heavy (non-hydrogen) atoms. The summed E-state index contributed by atoms with van der Waals surface area (Å²) in [4.78, 5) is 22.1. The second-order valence-electron chi connectivity index (χ2n) is 8.55. The number of carbonyl (C=O) groups excluding carboxylic acids is 1. The topological polar surface area (TPSA) is 70.2 Å². The molecule has 0 radical (unpaired) electrons. The summed E-state index contributed by atoms with van der Waals surface area (Å²) in [5.41, 5.74) is 2.05. The third-order valence-electron chi connectivity index (χ3n) is 6.80. The van der Waals surface area contributed by atoms with Crippen LogP contribution in [-0.4, -0.2) is 58.7 Å². The van der Waals surface area contributed by atoms with Crippen molar-refractivity contribution in [3.63, 3.8) is 0 Å². The Bertz CT molecular complexity index is 728. The lowest BCUT2D eigenvalue weighted by Crippen LogP contribution is -2.42. The summed E-state index contributed by atoms with van der Waals surface area (Å²) in [6.07, 6.45) is 8.83. The first-order chi connectivity index (χ1) is 13.0. The zero-order valence-electron chi connectivity index (χ0n) is 16.8. The highest BCUT2D eigenvalue weighted by Gasteiger charge is 2.62. The van der Waals surface area contributed by atoms with Gasteiger partial charge in [-0.3, -0.25) is 9.69 Å². The van der Waals surface area contributed by atoms with Crippen LogP contribution in [0.4, 0.5) is 0 Å². The largest absolute Gasteiger partial charge is 0.370 e. The van der Waals surface area contributed by atoms with Crippen LogP contribution in [0, 0.1) is 18.8 Å². The van der Waals surface area contributed by atoms with Crippen molar-refractivity contribution in [1.29, 1.82) is 0 Å². The maximum atomic E-state index is 12.4. The van der Waals surface area contributed by atoms with Gasteiger partial charge in [-0.2, -0.15) is 0 Å². The molecule has 1 spiro atoms. The van der Waals surface area contributed by atoms with E-state index >= 15 is 0 Å². The van der Waals surface area contributed by atoms with Crippen molar-refractivity contribution in [2.75, 3.05) is 26.2 Å². The molecule has 6 nitrogen and oxygen atoms in total. The average molecular weight is 373 g/mol. The van der Waals surface area contributed by atoms with Gasteiger partial charge in [0.2, 0.25) is 0 Å². The number of ether oxygens (including phenoxy) is 1. The molecule has 3 fully saturated rings. The van der Waals surface area contributed by atoms with E-state index in [9.17, 15) is 4.79 Å². The minimum atomic E-state index is -0.0672. The first kappa shape index (κ1) is 18.7. The molecule has 1 aromatic heterocycles. The van der Waals surface area contributed by atoms with Crippen LogP contribution in [-0.2, 0) is 4.74 Å². The highest BCUT2D eigenvalue weighted by molar-refractivity contribution is 5.92. The number of likely N-dealkylation sites (tertiary alicyclic amines) is 1. The van der Waals surface area contributed by atoms with Crippen LogP contribution in [0.25, 0.3) is 0 Å². The summed E-state index contributed by atoms with van der Waals surface area (Å²) in [5, 5.41) is 3.11. The van der Waals surface area contributed by atoms with Gasteiger partial charge >= 0.3 is 0 Å². The second-order valence-corrected chi connectivity index (χ2v) is 8.55. The smallest absolute Gasteiger partial charge is 0.269 e. The van der Waals surface area contributed by atoms with E-state index < -0.39 is 0 Å². The van der Waals surface area contributed by atoms with Gasteiger partial charge in [0.1, 0.15) is 11.5 Å². The number of nitrogens with one attached hydrogen (secondary N) is 2. The van der Waals surface area contributed by atoms with Crippen molar-refractivity contribution in [2.45, 2.75) is 58.2 Å². The van der Waals surface area contributed by atoms with Crippen LogP contribution >= 0.6 is 0 Å². The molecule has 2 N–H and O–H groups in total. The Labute approximate surface area is 161 Å². The van der Waals surface area contributed by atoms with Crippen molar-refractivity contribution in [3.8, 4) is 0 Å². The van der Waals surface area contributed by atoms with Gasteiger partial charge in [-0.15, -0.1) is 0 Å². The number of amides is 1. The number of imidazole rings is 1. The first-order valence-electron chi connectivity index (χ1n) is 10.4. The fourth-order valence-electron chi connectivity index (χ4n) is 5.21. The van der Waals surface area contributed by atoms with Crippen molar-refractivity contribution in [3.05, 3.63) is 29.4 Å². The van der Waals surface area contributed by atoms with E-state index in [2.05, 4.69) is 40.1 Å². The van der Waals surface area contributed by atoms with Crippen LogP contribution in [0.15, 0.2) is 17.8 Å². The van der Waals surface area contributed by atoms with Gasteiger partial charge in [0.15, 0.2) is 0 Å². The number of rotatable bonds is 7. The van der Waals surface area contributed by atoms with Gasteiger partial charge in [0, 0.05) is 38.0 Å². The van der Waals surface area contributed by atoms with Crippen LogP contribution in [0.3, 0.4) is 0 Å². The van der Waals surface area contributed by atoms with Crippen molar-refractivity contribution >= 4 is 5.91 Å². The van der Waals surface area contributed by atoms with E-state index in [0.29, 0.717) is 30.2 Å². The Morgan fingerprint density at radius 3 is 3.15 bits per heavy atom. The molecular formula is C21H32N4O2. The normalized spacial score (nSPS) is 32.9. The van der Waals surface area contributed by atoms with Crippen molar-refractivity contribution in [2.24, 2.45) is 11.8 Å². The molecule has 0 aromatic carbocycles. The maximum Gasteiger partial charge on any atom is 0.269 e. The highest BCUT2D eigenvalue weighted by atomic mass is 16.5. The van der Waals surface area contributed by atoms with E-state index in [1.807, 2.05) is 6.92 Å². The van der Waals surface area contributed by atoms with E-state index in [-0.39, 0.29) is 11.5 Å². The Morgan fingerprint density at radius 2 is 2.41 bits per heavy atom. The summed E-state index contributed by atoms with van der Waals surface area (Å²) in [7, 11) is 0. The molecular weight excluding hydrogens is 340 g/mol. The molecule has 0 aliphatic carbocycles. The molecule has 3 saturated heterocycles. The number of aromatic amines is 1. The zero-order chi connectivity index (χ0) is 19.0. The Hall–Kier alpha value is -1.66. The summed E-state index contributed by atoms with van der Waals surface area (Å²) in [5.74, 6) is 1.66. The third kappa shape index (κ3) is 3.57. The van der Waals surface area contributed by atoms with Gasteiger partial charge in [0.25, 0.3) is 5.91 Å². The molecule has 1 aromatic rings. The minimum Gasteiger partial charge on any atom is -0.370 e. The maximum absolute atomic E-state index is 12.4. The lowest BCUT2D eigenvalue weighted by Gasteiger charge is -2.29. The molecule has 4 rings (SSSR count). The van der Waals surface area contributed by atoms with Crippen LogP contribution in [0.1, 0.15) is 55.8 Å². The van der Waals surface area contributed by atoms with Gasteiger partial charge in [-0.05, 0) is 39.5 Å². The number of carbonyl (C=O) groups is 1. The van der Waals surface area contributed by atoms with E-state index in [0.717, 1.165) is 44.7 Å². The molecule has 4 atom stereocenters. The van der Waals surface area contributed by atoms with Crippen molar-refractivity contribution < 1.29 is 9.53 Å². The summed E-state index contributed by atoms with van der Waals surface area (Å²) in [6.45, 7) is 10.2. The molecule has 6 heteroatoms. The molecule has 3 aliphatic rings. The van der Waals surface area contributed by atoms with Crippen LogP contribution in [0.5, 0.6) is 0 Å². The lowest BCUT2D eigenvalue weighted by atomic mass is 9.73. The van der Waals surface area contributed by atoms with E-state index in [1.165, 1.54) is 12.0 Å². The lowest BCUT2D eigenvalue weighted by molar-refractivity contribution is 0.00290. The Kier molecular flexibility index (Phi) is 5.12. The molecule has 2 bridgehead atoms. The molecule has 0 unspecified atom stereocenters. The fraction of sp³-hybridized carbons (Fsp3) is 0.714. The predicted octanol–water partition coefficient (Wildman–Crippen LogP) is 2.67. The van der Waals surface area contributed by atoms with E-state index in [1.54, 1.807) is 6.20 Å². The first-order valence-corrected chi connectivity index (χ1v) is 10.4. The van der Waals surface area contributed by atoms with Gasteiger partial charge in [-0.25, -0.2) is 4.98 Å². The third-order valence-corrected chi connectivity index (χ3v) is 6.80. The Morgan fingerprint density at radius 1 is 1.56 bits per heavy atom. The number of H-pyrrole nitrogens is 1. The number of fused-ring (bicyclic) bond motifs is 1. The quantitative estimate of drug-likeness (QED) is 0.722. The molecule has 1 amide bonds. The van der Waals surface area contributed by atoms with Gasteiger partial charge in [-0.1, -0.05) is 18.6 Å². The average Bonchev–Trinajstić information content (AvgIpc) is 3.39. The number of nitrogens with zero attached hydrogens (tertiary/aromatic N) is 2. The fourth-order valence-corrected chi connectivity index (χ4v) is 5.21. The monoisotopic (exact) mass is 372 g/mol. The Balaban J connectivity index is 1.34. The molecule has 0 saturated carbocycles. The van der Waals surface area contributed by atoms with Crippen LogP contribution < -0.4 is 5.32 Å². The highest BCUT2D eigenvalue weighted by Crippen LogP contribution is 2.54. The number of hydrogen-bond donors (Lipinski definition) is 2. The summed E-state index contributed by atoms with van der Waals surface area (Å²) >= 11 is 0. The summed E-state index contributed by atoms with van der Waals surface area (Å²) < 4.78 is 6.49. The number of aromatic nitrogens is 2. The number of hydrogen-bond acceptors (Lipinski definition) is 4. The standard InChI is InChI=1S/C21H32N4O2/c1-4-14(2)6-5-9-25-12-17-16(19-7-8-21(17,13-25)27-19)10-23-20(26)18-11-22-15(3)24-18/h6,11,16-17,19H,4-5,7-10,12-13H2,1-3H3,(H,22,24)(H,23,26)/t16-,17+,19+,21+/m0/s1. The number of allylic oxidation sites excluding steroid dienone is 1. The minimum absolute atomic E-state index is 0.0359. The van der Waals surface area contributed by atoms with Gasteiger partial charge in [0.05, 0.1) is 17.9 Å². The zero-order valence-corrected chi connectivity index (χ0v) is 16.8. The number of aryl methyl sites for hydroxylation is 1. The SMILES string of the molecule is CCC(C)=CCCN1C[C@@H]2[C@H](CNC(=O)c3cnc(C)[nH]3)[C@H]3CC[C@]2(C1)O3. The predicted molar refractivity (Wildman–Crippen MR) is 105 cm³/mol. The molecule has 4 heterocycles. The van der Waals surface area contributed by atoms with Crippen molar-refractivity contribution in [1.82, 2.24) is 20.2 Å². The van der Waals surface area contributed by atoms with Gasteiger partial charge < -0.3 is 15.0 Å². The molecule has 3 aliphatic heterocycles. The molecule has 148 valence electrons. The van der Waals surface area contributed by atoms with Crippen LogP contribution in [0.2, 0.25) is 0 Å². The second kappa shape index (κ2) is 7.40.